The molecule has 0 aliphatic rings. The van der Waals surface area contributed by atoms with Crippen LogP contribution in [0, 0.1) is 12.7 Å². The largest absolute Gasteiger partial charge is 0.398 e. The molecule has 0 fully saturated rings. The molecule has 0 atom stereocenters. The number of sulfonamides is 1. The fourth-order valence-electron chi connectivity index (χ4n) is 1.56. The van der Waals surface area contributed by atoms with Crippen LogP contribution in [0.3, 0.4) is 0 Å². The first kappa shape index (κ1) is 13.3. The standard InChI is InChI=1S/C11H13FN4O2S/c1-7-3-9(12)11(4-10(7)13)19(17,18)15-8-5-14-16(2)6-8/h3-6,15H,13H2,1-2H3. The van der Waals surface area contributed by atoms with Gasteiger partial charge in [0.05, 0.1) is 11.9 Å². The van der Waals surface area contributed by atoms with Crippen LogP contribution in [0.25, 0.3) is 0 Å². The first-order valence-corrected chi connectivity index (χ1v) is 6.85. The third-order valence-corrected chi connectivity index (χ3v) is 3.96. The number of anilines is 2. The Balaban J connectivity index is 2.42. The summed E-state index contributed by atoms with van der Waals surface area (Å²) >= 11 is 0. The van der Waals surface area contributed by atoms with Gasteiger partial charge in [-0.1, -0.05) is 0 Å². The van der Waals surface area contributed by atoms with E-state index in [9.17, 15) is 12.8 Å². The van der Waals surface area contributed by atoms with E-state index in [1.165, 1.54) is 17.1 Å². The molecule has 0 aliphatic heterocycles. The zero-order chi connectivity index (χ0) is 14.2. The third kappa shape index (κ3) is 2.68. The summed E-state index contributed by atoms with van der Waals surface area (Å²) in [6.07, 6.45) is 2.79. The van der Waals surface area contributed by atoms with Gasteiger partial charge in [0.2, 0.25) is 0 Å². The SMILES string of the molecule is Cc1cc(F)c(S(=O)(=O)Nc2cnn(C)c2)cc1N. The lowest BCUT2D eigenvalue weighted by Crippen LogP contribution is -2.15. The molecule has 2 aromatic rings. The minimum atomic E-state index is -4.03. The van der Waals surface area contributed by atoms with E-state index in [4.69, 9.17) is 5.73 Å². The number of hydrogen-bond donors (Lipinski definition) is 2. The molecule has 1 heterocycles. The Labute approximate surface area is 110 Å². The molecule has 102 valence electrons. The Bertz CT molecular complexity index is 724. The van der Waals surface area contributed by atoms with Crippen LogP contribution in [-0.2, 0) is 17.1 Å². The Morgan fingerprint density at radius 1 is 1.42 bits per heavy atom. The molecule has 0 unspecified atom stereocenters. The van der Waals surface area contributed by atoms with Gasteiger partial charge >= 0.3 is 0 Å². The summed E-state index contributed by atoms with van der Waals surface area (Å²) in [6.45, 7) is 1.60. The molecule has 2 rings (SSSR count). The van der Waals surface area contributed by atoms with E-state index < -0.39 is 20.7 Å². The van der Waals surface area contributed by atoms with E-state index in [2.05, 4.69) is 9.82 Å². The zero-order valence-electron chi connectivity index (χ0n) is 10.4. The molecule has 19 heavy (non-hydrogen) atoms. The molecule has 0 bridgehead atoms. The van der Waals surface area contributed by atoms with Gasteiger partial charge in [0.25, 0.3) is 10.0 Å². The topological polar surface area (TPSA) is 90.0 Å². The number of hydrogen-bond acceptors (Lipinski definition) is 4. The highest BCUT2D eigenvalue weighted by molar-refractivity contribution is 7.92. The maximum Gasteiger partial charge on any atom is 0.264 e. The lowest BCUT2D eigenvalue weighted by molar-refractivity contribution is 0.570. The van der Waals surface area contributed by atoms with Crippen LogP contribution in [0.1, 0.15) is 5.56 Å². The summed E-state index contributed by atoms with van der Waals surface area (Å²) in [6, 6.07) is 2.19. The number of nitrogens with two attached hydrogens (primary N) is 1. The average molecular weight is 284 g/mol. The van der Waals surface area contributed by atoms with Crippen molar-refractivity contribution in [1.82, 2.24) is 9.78 Å². The van der Waals surface area contributed by atoms with Gasteiger partial charge in [-0.25, -0.2) is 12.8 Å². The number of rotatable bonds is 3. The van der Waals surface area contributed by atoms with Crippen molar-refractivity contribution in [2.45, 2.75) is 11.8 Å². The number of nitrogens with zero attached hydrogens (tertiary/aromatic N) is 2. The second kappa shape index (κ2) is 4.54. The highest BCUT2D eigenvalue weighted by atomic mass is 32.2. The van der Waals surface area contributed by atoms with Gasteiger partial charge in [-0.05, 0) is 24.6 Å². The summed E-state index contributed by atoms with van der Waals surface area (Å²) in [5, 5.41) is 3.82. The predicted molar refractivity (Wildman–Crippen MR) is 69.6 cm³/mol. The second-order valence-corrected chi connectivity index (χ2v) is 5.80. The van der Waals surface area contributed by atoms with Gasteiger partial charge < -0.3 is 5.73 Å². The second-order valence-electron chi connectivity index (χ2n) is 4.15. The van der Waals surface area contributed by atoms with Crippen LogP contribution in [0.4, 0.5) is 15.8 Å². The van der Waals surface area contributed by atoms with E-state index >= 15 is 0 Å². The van der Waals surface area contributed by atoms with Crippen LogP contribution < -0.4 is 10.5 Å². The maximum absolute atomic E-state index is 13.7. The molecule has 0 spiro atoms. The molecule has 1 aromatic heterocycles. The van der Waals surface area contributed by atoms with Gasteiger partial charge in [0, 0.05) is 18.9 Å². The van der Waals surface area contributed by atoms with E-state index in [1.807, 2.05) is 0 Å². The van der Waals surface area contributed by atoms with Crippen LogP contribution in [0.15, 0.2) is 29.4 Å². The Hall–Kier alpha value is -2.09. The van der Waals surface area contributed by atoms with E-state index in [1.54, 1.807) is 14.0 Å². The summed E-state index contributed by atoms with van der Waals surface area (Å²) in [4.78, 5) is -0.487. The molecular weight excluding hydrogens is 271 g/mol. The third-order valence-electron chi connectivity index (χ3n) is 2.57. The molecule has 0 aliphatic carbocycles. The van der Waals surface area contributed by atoms with Crippen molar-refractivity contribution in [3.63, 3.8) is 0 Å². The Morgan fingerprint density at radius 2 is 2.11 bits per heavy atom. The highest BCUT2D eigenvalue weighted by Crippen LogP contribution is 2.23. The number of benzene rings is 1. The predicted octanol–water partition coefficient (Wildman–Crippen LogP) is 1.25. The molecule has 3 N–H and O–H groups in total. The first-order chi connectivity index (χ1) is 8.79. The quantitative estimate of drug-likeness (QED) is 0.830. The number of nitrogen functional groups attached to an aromatic ring is 1. The number of aromatic nitrogens is 2. The van der Waals surface area contributed by atoms with Crippen molar-refractivity contribution < 1.29 is 12.8 Å². The molecule has 0 saturated heterocycles. The molecule has 0 saturated carbocycles. The lowest BCUT2D eigenvalue weighted by Gasteiger charge is -2.09. The van der Waals surface area contributed by atoms with Gasteiger partial charge in [-0.15, -0.1) is 0 Å². The number of halogens is 1. The lowest BCUT2D eigenvalue weighted by atomic mass is 10.2. The van der Waals surface area contributed by atoms with Crippen molar-refractivity contribution >= 4 is 21.4 Å². The summed E-state index contributed by atoms with van der Waals surface area (Å²) in [5.41, 5.74) is 6.56. The summed E-state index contributed by atoms with van der Waals surface area (Å²) < 4.78 is 41.5. The minimum absolute atomic E-state index is 0.216. The molecule has 6 nitrogen and oxygen atoms in total. The molecule has 1 aromatic carbocycles. The van der Waals surface area contributed by atoms with Crippen LogP contribution in [-0.4, -0.2) is 18.2 Å². The smallest absolute Gasteiger partial charge is 0.264 e. The van der Waals surface area contributed by atoms with Crippen molar-refractivity contribution in [3.8, 4) is 0 Å². The van der Waals surface area contributed by atoms with E-state index in [0.29, 0.717) is 5.56 Å². The van der Waals surface area contributed by atoms with Crippen molar-refractivity contribution in [3.05, 3.63) is 35.9 Å². The van der Waals surface area contributed by atoms with Gasteiger partial charge in [-0.2, -0.15) is 5.10 Å². The molecule has 0 radical (unpaired) electrons. The summed E-state index contributed by atoms with van der Waals surface area (Å²) in [7, 11) is -2.39. The summed E-state index contributed by atoms with van der Waals surface area (Å²) in [5.74, 6) is -0.844. The van der Waals surface area contributed by atoms with Crippen molar-refractivity contribution in [1.29, 1.82) is 0 Å². The van der Waals surface area contributed by atoms with Crippen molar-refractivity contribution in [2.24, 2.45) is 7.05 Å². The van der Waals surface area contributed by atoms with Gasteiger partial charge in [0.1, 0.15) is 10.7 Å². The van der Waals surface area contributed by atoms with E-state index in [-0.39, 0.29) is 11.4 Å². The first-order valence-electron chi connectivity index (χ1n) is 5.36. The van der Waals surface area contributed by atoms with Crippen LogP contribution >= 0.6 is 0 Å². The maximum atomic E-state index is 13.7. The molecule has 8 heteroatoms. The van der Waals surface area contributed by atoms with Gasteiger partial charge in [-0.3, -0.25) is 9.40 Å². The monoisotopic (exact) mass is 284 g/mol. The molecular formula is C11H13FN4O2S. The van der Waals surface area contributed by atoms with Crippen LogP contribution in [0.5, 0.6) is 0 Å². The minimum Gasteiger partial charge on any atom is -0.398 e. The highest BCUT2D eigenvalue weighted by Gasteiger charge is 2.21. The molecule has 0 amide bonds. The van der Waals surface area contributed by atoms with Crippen LogP contribution in [0.2, 0.25) is 0 Å². The number of aryl methyl sites for hydroxylation is 2. The van der Waals surface area contributed by atoms with E-state index in [0.717, 1.165) is 12.1 Å². The van der Waals surface area contributed by atoms with Crippen molar-refractivity contribution in [2.75, 3.05) is 10.5 Å². The number of nitrogens with one attached hydrogen (secondary N) is 1. The fraction of sp³-hybridized carbons (Fsp3) is 0.182. The normalized spacial score (nSPS) is 11.5. The average Bonchev–Trinajstić information content (AvgIpc) is 2.68. The Kier molecular flexibility index (Phi) is 3.19. The zero-order valence-corrected chi connectivity index (χ0v) is 11.2. The Morgan fingerprint density at radius 3 is 2.68 bits per heavy atom. The fourth-order valence-corrected chi connectivity index (χ4v) is 2.68. The van der Waals surface area contributed by atoms with Gasteiger partial charge in [0.15, 0.2) is 0 Å².